The summed E-state index contributed by atoms with van der Waals surface area (Å²) in [6.07, 6.45) is 6.89. The van der Waals surface area contributed by atoms with Crippen molar-refractivity contribution in [1.82, 2.24) is 4.98 Å². The second kappa shape index (κ2) is 3.96. The molecule has 1 aromatic rings. The van der Waals surface area contributed by atoms with Crippen molar-refractivity contribution in [2.75, 3.05) is 0 Å². The molecule has 0 atom stereocenters. The molecule has 1 aliphatic rings. The van der Waals surface area contributed by atoms with Gasteiger partial charge in [0.2, 0.25) is 0 Å². The lowest BCUT2D eigenvalue weighted by atomic mass is 9.87. The molecule has 1 fully saturated rings. The van der Waals surface area contributed by atoms with E-state index in [9.17, 15) is 0 Å². The summed E-state index contributed by atoms with van der Waals surface area (Å²) in [4.78, 5) is 4.41. The van der Waals surface area contributed by atoms with Gasteiger partial charge in [0.05, 0.1) is 0 Å². The topological polar surface area (TPSA) is 12.9 Å². The first-order chi connectivity index (χ1) is 7.11. The van der Waals surface area contributed by atoms with E-state index in [-0.39, 0.29) is 0 Å². The quantitative estimate of drug-likeness (QED) is 0.717. The summed E-state index contributed by atoms with van der Waals surface area (Å²) >= 11 is 0. The number of pyridine rings is 1. The third kappa shape index (κ3) is 2.06. The van der Waals surface area contributed by atoms with Crippen molar-refractivity contribution in [3.63, 3.8) is 0 Å². The zero-order valence-electron chi connectivity index (χ0n) is 10.2. The standard InChI is InChI=1S/C14H21N/c1-9(2)12-7-15-8-13(11-5-6-11)14(12)10(3)4/h7-11H,5-6H2,1-4H3. The highest BCUT2D eigenvalue weighted by molar-refractivity contribution is 5.40. The van der Waals surface area contributed by atoms with Crippen molar-refractivity contribution in [2.45, 2.75) is 58.3 Å². The maximum atomic E-state index is 4.41. The van der Waals surface area contributed by atoms with Crippen LogP contribution in [0.2, 0.25) is 0 Å². The fraction of sp³-hybridized carbons (Fsp3) is 0.643. The lowest BCUT2D eigenvalue weighted by Crippen LogP contribution is -2.04. The highest BCUT2D eigenvalue weighted by atomic mass is 14.6. The molecular weight excluding hydrogens is 182 g/mol. The van der Waals surface area contributed by atoms with Crippen LogP contribution < -0.4 is 0 Å². The number of aromatic nitrogens is 1. The molecular formula is C14H21N. The maximum absolute atomic E-state index is 4.41. The number of hydrogen-bond acceptors (Lipinski definition) is 1. The van der Waals surface area contributed by atoms with Crippen LogP contribution in [0.1, 0.15) is 75.0 Å². The maximum Gasteiger partial charge on any atom is 0.0305 e. The van der Waals surface area contributed by atoms with Gasteiger partial charge in [0, 0.05) is 12.4 Å². The molecule has 0 amide bonds. The molecule has 0 bridgehead atoms. The van der Waals surface area contributed by atoms with Crippen molar-refractivity contribution >= 4 is 0 Å². The second-order valence-corrected chi connectivity index (χ2v) is 5.32. The SMILES string of the molecule is CC(C)c1cncc(C2CC2)c1C(C)C. The van der Waals surface area contributed by atoms with Gasteiger partial charge in [0.15, 0.2) is 0 Å². The van der Waals surface area contributed by atoms with Gasteiger partial charge in [-0.3, -0.25) is 4.98 Å². The van der Waals surface area contributed by atoms with E-state index in [1.165, 1.54) is 24.0 Å². The van der Waals surface area contributed by atoms with E-state index in [2.05, 4.69) is 45.1 Å². The average Bonchev–Trinajstić information content (AvgIpc) is 2.99. The smallest absolute Gasteiger partial charge is 0.0305 e. The van der Waals surface area contributed by atoms with E-state index in [0.717, 1.165) is 5.92 Å². The summed E-state index contributed by atoms with van der Waals surface area (Å²) in [6.45, 7) is 9.12. The fourth-order valence-electron chi connectivity index (χ4n) is 2.35. The summed E-state index contributed by atoms with van der Waals surface area (Å²) in [6, 6.07) is 0. The minimum absolute atomic E-state index is 0.591. The zero-order valence-corrected chi connectivity index (χ0v) is 10.2. The van der Waals surface area contributed by atoms with Crippen LogP contribution in [0.3, 0.4) is 0 Å². The average molecular weight is 203 g/mol. The molecule has 0 aromatic carbocycles. The van der Waals surface area contributed by atoms with Gasteiger partial charge in [0.25, 0.3) is 0 Å². The van der Waals surface area contributed by atoms with Crippen molar-refractivity contribution in [3.8, 4) is 0 Å². The second-order valence-electron chi connectivity index (χ2n) is 5.32. The highest BCUT2D eigenvalue weighted by Crippen LogP contribution is 2.44. The molecule has 0 saturated heterocycles. The molecule has 1 aromatic heterocycles. The molecule has 1 aliphatic carbocycles. The summed E-state index contributed by atoms with van der Waals surface area (Å²) in [5.74, 6) is 2.03. The Morgan fingerprint density at radius 3 is 2.20 bits per heavy atom. The third-order valence-corrected chi connectivity index (χ3v) is 3.27. The van der Waals surface area contributed by atoms with Gasteiger partial charge >= 0.3 is 0 Å². The number of nitrogens with zero attached hydrogens (tertiary/aromatic N) is 1. The molecule has 1 nitrogen and oxygen atoms in total. The first-order valence-electron chi connectivity index (χ1n) is 6.09. The predicted octanol–water partition coefficient (Wildman–Crippen LogP) is 4.21. The van der Waals surface area contributed by atoms with Gasteiger partial charge in [-0.15, -0.1) is 0 Å². The van der Waals surface area contributed by atoms with Crippen LogP contribution in [0.25, 0.3) is 0 Å². The van der Waals surface area contributed by atoms with Gasteiger partial charge in [-0.05, 0) is 47.3 Å². The highest BCUT2D eigenvalue weighted by Gasteiger charge is 2.28. The van der Waals surface area contributed by atoms with E-state index < -0.39 is 0 Å². The van der Waals surface area contributed by atoms with E-state index in [1.54, 1.807) is 5.56 Å². The summed E-state index contributed by atoms with van der Waals surface area (Å²) in [5, 5.41) is 0. The van der Waals surface area contributed by atoms with Crippen LogP contribution in [0.15, 0.2) is 12.4 Å². The minimum Gasteiger partial charge on any atom is -0.264 e. The first kappa shape index (κ1) is 10.7. The predicted molar refractivity (Wildman–Crippen MR) is 64.4 cm³/mol. The van der Waals surface area contributed by atoms with Gasteiger partial charge in [-0.1, -0.05) is 27.7 Å². The van der Waals surface area contributed by atoms with Crippen LogP contribution in [-0.4, -0.2) is 4.98 Å². The van der Waals surface area contributed by atoms with E-state index in [1.807, 2.05) is 0 Å². The Balaban J connectivity index is 2.50. The Morgan fingerprint density at radius 1 is 1.07 bits per heavy atom. The van der Waals surface area contributed by atoms with Crippen LogP contribution in [0, 0.1) is 0 Å². The lowest BCUT2D eigenvalue weighted by Gasteiger charge is -2.19. The van der Waals surface area contributed by atoms with Crippen LogP contribution >= 0.6 is 0 Å². The van der Waals surface area contributed by atoms with Gasteiger partial charge in [-0.25, -0.2) is 0 Å². The molecule has 82 valence electrons. The van der Waals surface area contributed by atoms with Gasteiger partial charge in [-0.2, -0.15) is 0 Å². The Bertz CT molecular complexity index is 328. The van der Waals surface area contributed by atoms with Crippen LogP contribution in [0.5, 0.6) is 0 Å². The molecule has 15 heavy (non-hydrogen) atoms. The van der Waals surface area contributed by atoms with Gasteiger partial charge in [0.1, 0.15) is 0 Å². The first-order valence-corrected chi connectivity index (χ1v) is 6.09. The normalized spacial score (nSPS) is 16.4. The molecule has 1 heterocycles. The molecule has 0 N–H and O–H groups in total. The van der Waals surface area contributed by atoms with Gasteiger partial charge < -0.3 is 0 Å². The van der Waals surface area contributed by atoms with Crippen molar-refractivity contribution in [1.29, 1.82) is 0 Å². The molecule has 0 spiro atoms. The largest absolute Gasteiger partial charge is 0.264 e. The lowest BCUT2D eigenvalue weighted by molar-refractivity contribution is 0.765. The minimum atomic E-state index is 0.591. The van der Waals surface area contributed by atoms with Crippen molar-refractivity contribution in [2.24, 2.45) is 0 Å². The summed E-state index contributed by atoms with van der Waals surface area (Å²) in [7, 11) is 0. The molecule has 1 saturated carbocycles. The Morgan fingerprint density at radius 2 is 1.73 bits per heavy atom. The Hall–Kier alpha value is -0.850. The van der Waals surface area contributed by atoms with E-state index >= 15 is 0 Å². The van der Waals surface area contributed by atoms with Crippen LogP contribution in [0.4, 0.5) is 0 Å². The monoisotopic (exact) mass is 203 g/mol. The van der Waals surface area contributed by atoms with E-state index in [0.29, 0.717) is 11.8 Å². The van der Waals surface area contributed by atoms with Crippen LogP contribution in [-0.2, 0) is 0 Å². The Kier molecular flexibility index (Phi) is 2.81. The third-order valence-electron chi connectivity index (χ3n) is 3.27. The Labute approximate surface area is 92.9 Å². The molecule has 1 heteroatoms. The van der Waals surface area contributed by atoms with Crippen molar-refractivity contribution in [3.05, 3.63) is 29.1 Å². The number of rotatable bonds is 3. The summed E-state index contributed by atoms with van der Waals surface area (Å²) in [5.41, 5.74) is 4.55. The van der Waals surface area contributed by atoms with E-state index in [4.69, 9.17) is 0 Å². The number of hydrogen-bond donors (Lipinski definition) is 0. The zero-order chi connectivity index (χ0) is 11.0. The molecule has 0 unspecified atom stereocenters. The molecule has 2 rings (SSSR count). The summed E-state index contributed by atoms with van der Waals surface area (Å²) < 4.78 is 0. The van der Waals surface area contributed by atoms with Crippen molar-refractivity contribution < 1.29 is 0 Å². The molecule has 0 aliphatic heterocycles. The molecule has 0 radical (unpaired) electrons. The fourth-order valence-corrected chi connectivity index (χ4v) is 2.35.